The number of aliphatic imine (C=N–C) groups is 1. The first-order valence-electron chi connectivity index (χ1n) is 9.17. The van der Waals surface area contributed by atoms with Crippen molar-refractivity contribution in [3.63, 3.8) is 0 Å². The number of carbonyl (C=O) groups is 1. The van der Waals surface area contributed by atoms with Crippen molar-refractivity contribution in [2.75, 3.05) is 12.4 Å². The zero-order valence-corrected chi connectivity index (χ0v) is 16.6. The standard InChI is InChI=1S/C23H19FN2O2S/c1-28-16-12-10-15(11-13-16)23-21(29-20-9-5-4-8-19(20)26-23)14-22(27)25-18-7-3-2-6-17(18)24/h2-13,21H,14H2,1H3,(H,25,27)/t21-/m1/s1. The number of ether oxygens (including phenoxy) is 1. The summed E-state index contributed by atoms with van der Waals surface area (Å²) in [5.41, 5.74) is 2.81. The van der Waals surface area contributed by atoms with Crippen LogP contribution in [0.1, 0.15) is 12.0 Å². The van der Waals surface area contributed by atoms with Crippen LogP contribution in [-0.4, -0.2) is 24.0 Å². The largest absolute Gasteiger partial charge is 0.497 e. The van der Waals surface area contributed by atoms with Gasteiger partial charge in [0.05, 0.1) is 29.4 Å². The number of methoxy groups -OCH3 is 1. The first kappa shape index (κ1) is 19.2. The van der Waals surface area contributed by atoms with Crippen molar-refractivity contribution in [1.29, 1.82) is 0 Å². The number of hydrogen-bond donors (Lipinski definition) is 1. The second-order valence-electron chi connectivity index (χ2n) is 6.53. The third kappa shape index (κ3) is 4.32. The average Bonchev–Trinajstić information content (AvgIpc) is 2.75. The highest BCUT2D eigenvalue weighted by molar-refractivity contribution is 8.01. The van der Waals surface area contributed by atoms with Crippen molar-refractivity contribution in [3.8, 4) is 5.75 Å². The number of fused-ring (bicyclic) bond motifs is 1. The third-order valence-corrected chi connectivity index (χ3v) is 5.86. The molecule has 4 rings (SSSR count). The minimum absolute atomic E-state index is 0.179. The molecule has 1 heterocycles. The summed E-state index contributed by atoms with van der Waals surface area (Å²) in [6.45, 7) is 0. The van der Waals surface area contributed by atoms with Crippen LogP contribution in [0.2, 0.25) is 0 Å². The Bertz CT molecular complexity index is 1070. The van der Waals surface area contributed by atoms with Gasteiger partial charge in [-0.1, -0.05) is 24.3 Å². The predicted octanol–water partition coefficient (Wildman–Crippen LogP) is 5.46. The summed E-state index contributed by atoms with van der Waals surface area (Å²) in [5, 5.41) is 2.48. The normalized spacial score (nSPS) is 15.2. The molecule has 1 amide bonds. The summed E-state index contributed by atoms with van der Waals surface area (Å²) in [6.07, 6.45) is 0.179. The van der Waals surface area contributed by atoms with Crippen LogP contribution < -0.4 is 10.1 Å². The van der Waals surface area contributed by atoms with Gasteiger partial charge < -0.3 is 10.1 Å². The van der Waals surface area contributed by atoms with E-state index in [4.69, 9.17) is 9.73 Å². The predicted molar refractivity (Wildman–Crippen MR) is 115 cm³/mol. The Hall–Kier alpha value is -3.12. The number of para-hydroxylation sites is 2. The van der Waals surface area contributed by atoms with E-state index in [1.54, 1.807) is 37.1 Å². The van der Waals surface area contributed by atoms with Crippen molar-refractivity contribution in [2.45, 2.75) is 16.6 Å². The Morgan fingerprint density at radius 2 is 1.79 bits per heavy atom. The molecule has 0 bridgehead atoms. The molecule has 3 aromatic carbocycles. The number of thioether (sulfide) groups is 1. The molecule has 0 spiro atoms. The third-order valence-electron chi connectivity index (χ3n) is 4.58. The highest BCUT2D eigenvalue weighted by atomic mass is 32.2. The molecular formula is C23H19FN2O2S. The van der Waals surface area contributed by atoms with Crippen LogP contribution in [0.5, 0.6) is 5.75 Å². The van der Waals surface area contributed by atoms with Gasteiger partial charge in [0.1, 0.15) is 11.6 Å². The molecule has 0 saturated carbocycles. The zero-order chi connectivity index (χ0) is 20.2. The zero-order valence-electron chi connectivity index (χ0n) is 15.8. The number of rotatable bonds is 5. The molecule has 0 aromatic heterocycles. The Balaban J connectivity index is 1.61. The van der Waals surface area contributed by atoms with Gasteiger partial charge in [-0.25, -0.2) is 4.39 Å². The Kier molecular flexibility index (Phi) is 5.62. The lowest BCUT2D eigenvalue weighted by molar-refractivity contribution is -0.116. The molecule has 29 heavy (non-hydrogen) atoms. The summed E-state index contributed by atoms with van der Waals surface area (Å²) in [5.74, 6) is 0.0480. The van der Waals surface area contributed by atoms with E-state index in [-0.39, 0.29) is 23.3 Å². The van der Waals surface area contributed by atoms with E-state index in [1.165, 1.54) is 6.07 Å². The SMILES string of the molecule is COc1ccc(C2=Nc3ccccc3S[C@@H]2CC(=O)Nc2ccccc2F)cc1. The van der Waals surface area contributed by atoms with Gasteiger partial charge in [0, 0.05) is 11.3 Å². The van der Waals surface area contributed by atoms with Crippen LogP contribution in [-0.2, 0) is 4.79 Å². The Labute approximate surface area is 172 Å². The topological polar surface area (TPSA) is 50.7 Å². The molecule has 0 unspecified atom stereocenters. The van der Waals surface area contributed by atoms with E-state index in [9.17, 15) is 9.18 Å². The summed E-state index contributed by atoms with van der Waals surface area (Å²) in [7, 11) is 1.62. The number of benzene rings is 3. The lowest BCUT2D eigenvalue weighted by Gasteiger charge is -2.24. The first-order valence-corrected chi connectivity index (χ1v) is 10.0. The van der Waals surface area contributed by atoms with Gasteiger partial charge in [0.25, 0.3) is 0 Å². The molecule has 146 valence electrons. The molecule has 6 heteroatoms. The van der Waals surface area contributed by atoms with E-state index in [2.05, 4.69) is 5.32 Å². The lowest BCUT2D eigenvalue weighted by atomic mass is 10.0. The molecule has 0 saturated heterocycles. The van der Waals surface area contributed by atoms with Crippen LogP contribution in [0.4, 0.5) is 15.8 Å². The number of carbonyl (C=O) groups excluding carboxylic acids is 1. The second-order valence-corrected chi connectivity index (χ2v) is 7.78. The number of halogens is 1. The number of amides is 1. The highest BCUT2D eigenvalue weighted by Crippen LogP contribution is 2.40. The number of nitrogens with one attached hydrogen (secondary N) is 1. The van der Waals surface area contributed by atoms with Crippen LogP contribution in [0.3, 0.4) is 0 Å². The summed E-state index contributed by atoms with van der Waals surface area (Å²) < 4.78 is 19.1. The van der Waals surface area contributed by atoms with Crippen LogP contribution >= 0.6 is 11.8 Å². The fourth-order valence-electron chi connectivity index (χ4n) is 3.14. The van der Waals surface area contributed by atoms with Gasteiger partial charge in [-0.05, 0) is 54.1 Å². The molecule has 1 atom stereocenters. The molecule has 0 radical (unpaired) electrons. The van der Waals surface area contributed by atoms with E-state index in [1.807, 2.05) is 48.5 Å². The Morgan fingerprint density at radius 3 is 2.55 bits per heavy atom. The maximum absolute atomic E-state index is 13.9. The van der Waals surface area contributed by atoms with Crippen molar-refractivity contribution in [1.82, 2.24) is 0 Å². The Morgan fingerprint density at radius 1 is 1.07 bits per heavy atom. The fourth-order valence-corrected chi connectivity index (χ4v) is 4.38. The van der Waals surface area contributed by atoms with E-state index < -0.39 is 5.82 Å². The van der Waals surface area contributed by atoms with Crippen LogP contribution in [0, 0.1) is 5.82 Å². The van der Waals surface area contributed by atoms with Gasteiger partial charge in [-0.2, -0.15) is 0 Å². The molecule has 1 aliphatic rings. The number of anilines is 1. The fraction of sp³-hybridized carbons (Fsp3) is 0.130. The van der Waals surface area contributed by atoms with Crippen molar-refractivity contribution < 1.29 is 13.9 Å². The molecule has 1 N–H and O–H groups in total. The minimum Gasteiger partial charge on any atom is -0.497 e. The van der Waals surface area contributed by atoms with E-state index >= 15 is 0 Å². The molecule has 0 aliphatic carbocycles. The van der Waals surface area contributed by atoms with E-state index in [0.29, 0.717) is 0 Å². The maximum Gasteiger partial charge on any atom is 0.225 e. The van der Waals surface area contributed by atoms with Crippen LogP contribution in [0.15, 0.2) is 82.7 Å². The monoisotopic (exact) mass is 406 g/mol. The number of nitrogens with zero attached hydrogens (tertiary/aromatic N) is 1. The lowest BCUT2D eigenvalue weighted by Crippen LogP contribution is -2.27. The van der Waals surface area contributed by atoms with Gasteiger partial charge in [-0.15, -0.1) is 11.8 Å². The highest BCUT2D eigenvalue weighted by Gasteiger charge is 2.27. The minimum atomic E-state index is -0.452. The molecule has 0 fully saturated rings. The van der Waals surface area contributed by atoms with Gasteiger partial charge in [0.2, 0.25) is 5.91 Å². The van der Waals surface area contributed by atoms with Gasteiger partial charge >= 0.3 is 0 Å². The second kappa shape index (κ2) is 8.49. The van der Waals surface area contributed by atoms with Gasteiger partial charge in [-0.3, -0.25) is 9.79 Å². The molecule has 3 aromatic rings. The number of hydrogen-bond acceptors (Lipinski definition) is 4. The van der Waals surface area contributed by atoms with Gasteiger partial charge in [0.15, 0.2) is 0 Å². The summed E-state index contributed by atoms with van der Waals surface area (Å²) in [4.78, 5) is 18.5. The van der Waals surface area contributed by atoms with E-state index in [0.717, 1.165) is 27.6 Å². The van der Waals surface area contributed by atoms with Crippen LogP contribution in [0.25, 0.3) is 0 Å². The van der Waals surface area contributed by atoms with Crippen molar-refractivity contribution in [3.05, 3.63) is 84.2 Å². The summed E-state index contributed by atoms with van der Waals surface area (Å²) >= 11 is 1.60. The first-order chi connectivity index (χ1) is 14.1. The maximum atomic E-state index is 13.9. The summed E-state index contributed by atoms with van der Waals surface area (Å²) in [6, 6.07) is 21.6. The quantitative estimate of drug-likeness (QED) is 0.612. The molecular weight excluding hydrogens is 387 g/mol. The average molecular weight is 406 g/mol. The van der Waals surface area contributed by atoms with Crippen molar-refractivity contribution >= 4 is 34.8 Å². The molecule has 1 aliphatic heterocycles. The molecule has 4 nitrogen and oxygen atoms in total. The smallest absolute Gasteiger partial charge is 0.225 e. The van der Waals surface area contributed by atoms with Crippen molar-refractivity contribution in [2.24, 2.45) is 4.99 Å².